The van der Waals surface area contributed by atoms with Gasteiger partial charge in [0.2, 0.25) is 0 Å². The highest BCUT2D eigenvalue weighted by atomic mass is 28.3. The molecule has 1 aromatic rings. The summed E-state index contributed by atoms with van der Waals surface area (Å²) in [5, 5.41) is 23.9. The fraction of sp³-hybridized carbons (Fsp3) is 0.714. The van der Waals surface area contributed by atoms with Gasteiger partial charge in [-0.3, -0.25) is 0 Å². The van der Waals surface area contributed by atoms with Gasteiger partial charge in [-0.15, -0.1) is 11.5 Å². The number of para-hydroxylation sites is 2. The number of hydrogen-bond donors (Lipinski definition) is 3. The molecule has 0 saturated heterocycles. The molecule has 194 valence electrons. The molecule has 0 radical (unpaired) electrons. The Labute approximate surface area is 209 Å². The Balaban J connectivity index is 2.36. The van der Waals surface area contributed by atoms with E-state index in [-0.39, 0.29) is 13.2 Å². The van der Waals surface area contributed by atoms with E-state index in [1.165, 1.54) is 32.1 Å². The maximum atomic E-state index is 10.3. The molecule has 6 heteroatoms. The van der Waals surface area contributed by atoms with Crippen molar-refractivity contribution in [3.05, 3.63) is 24.3 Å². The molecule has 5 nitrogen and oxygen atoms in total. The van der Waals surface area contributed by atoms with Gasteiger partial charge < -0.3 is 25.0 Å². The van der Waals surface area contributed by atoms with Crippen LogP contribution < -0.4 is 14.8 Å². The van der Waals surface area contributed by atoms with Crippen LogP contribution >= 0.6 is 0 Å². The van der Waals surface area contributed by atoms with Crippen molar-refractivity contribution in [1.82, 2.24) is 5.32 Å². The zero-order valence-electron chi connectivity index (χ0n) is 22.1. The number of nitrogens with one attached hydrogen (secondary N) is 1. The minimum absolute atomic E-state index is 0.163. The lowest BCUT2D eigenvalue weighted by Gasteiger charge is -2.20. The quantitative estimate of drug-likeness (QED) is 0.134. The zero-order valence-corrected chi connectivity index (χ0v) is 23.1. The van der Waals surface area contributed by atoms with Gasteiger partial charge in [-0.05, 0) is 43.2 Å². The second-order valence-electron chi connectivity index (χ2n) is 9.20. The van der Waals surface area contributed by atoms with E-state index in [0.717, 1.165) is 31.1 Å². The number of ether oxygens (including phenoxy) is 2. The number of rotatable bonds is 19. The van der Waals surface area contributed by atoms with Gasteiger partial charge in [-0.2, -0.15) is 0 Å². The second kappa shape index (κ2) is 18.8. The van der Waals surface area contributed by atoms with Crippen LogP contribution in [-0.4, -0.2) is 56.8 Å². The van der Waals surface area contributed by atoms with Crippen LogP contribution in [0.3, 0.4) is 0 Å². The van der Waals surface area contributed by atoms with Gasteiger partial charge in [0.25, 0.3) is 0 Å². The number of hydrogen-bond acceptors (Lipinski definition) is 5. The number of aliphatic hydroxyl groups is 2. The topological polar surface area (TPSA) is 71.0 Å². The first-order valence-corrected chi connectivity index (χ1v) is 16.0. The fourth-order valence-electron chi connectivity index (χ4n) is 3.85. The third-order valence-corrected chi connectivity index (χ3v) is 11.3. The van der Waals surface area contributed by atoms with Gasteiger partial charge in [0.05, 0.1) is 6.10 Å². The van der Waals surface area contributed by atoms with Gasteiger partial charge in [0.1, 0.15) is 27.4 Å². The van der Waals surface area contributed by atoms with Gasteiger partial charge in [0, 0.05) is 13.0 Å². The smallest absolute Gasteiger partial charge is 0.161 e. The van der Waals surface area contributed by atoms with E-state index in [4.69, 9.17) is 9.47 Å². The Morgan fingerprint density at radius 1 is 0.824 bits per heavy atom. The van der Waals surface area contributed by atoms with Crippen LogP contribution in [0.1, 0.15) is 72.6 Å². The molecule has 0 spiro atoms. The van der Waals surface area contributed by atoms with Crippen molar-refractivity contribution in [2.24, 2.45) is 0 Å². The van der Waals surface area contributed by atoms with Crippen molar-refractivity contribution in [3.63, 3.8) is 0 Å². The summed E-state index contributed by atoms with van der Waals surface area (Å²) in [4.78, 5) is 0. The average Bonchev–Trinajstić information content (AvgIpc) is 2.86. The molecule has 2 unspecified atom stereocenters. The molecule has 0 heterocycles. The average molecular weight is 492 g/mol. The van der Waals surface area contributed by atoms with Crippen molar-refractivity contribution in [2.75, 3.05) is 26.3 Å². The molecule has 0 saturated carbocycles. The Kier molecular flexibility index (Phi) is 16.8. The Morgan fingerprint density at radius 2 is 1.38 bits per heavy atom. The molecule has 1 aromatic carbocycles. The Morgan fingerprint density at radius 3 is 1.97 bits per heavy atom. The monoisotopic (exact) mass is 491 g/mol. The zero-order chi connectivity index (χ0) is 25.1. The summed E-state index contributed by atoms with van der Waals surface area (Å²) in [7, 11) is -1.49. The third kappa shape index (κ3) is 12.8. The van der Waals surface area contributed by atoms with E-state index in [2.05, 4.69) is 44.5 Å². The molecular formula is C28H49NO4Si. The van der Waals surface area contributed by atoms with E-state index in [1.54, 1.807) is 0 Å². The Hall–Kier alpha value is -1.52. The van der Waals surface area contributed by atoms with Crippen molar-refractivity contribution < 1.29 is 19.7 Å². The number of benzene rings is 1. The van der Waals surface area contributed by atoms with Crippen molar-refractivity contribution in [1.29, 1.82) is 0 Å². The van der Waals surface area contributed by atoms with E-state index < -0.39 is 20.3 Å². The van der Waals surface area contributed by atoms with E-state index in [1.807, 2.05) is 24.3 Å². The number of unbranched alkanes of at least 4 members (excludes halogenated alkanes) is 5. The SMILES string of the molecule is CCCCCCCCNCC(O)COc1ccccc1OCC(O)CC#C[Si](CC)(CC)CC. The van der Waals surface area contributed by atoms with Crippen LogP contribution in [0, 0.1) is 11.5 Å². The molecule has 0 amide bonds. The summed E-state index contributed by atoms with van der Waals surface area (Å²) in [6, 6.07) is 10.9. The van der Waals surface area contributed by atoms with Crippen LogP contribution in [0.15, 0.2) is 24.3 Å². The fourth-order valence-corrected chi connectivity index (χ4v) is 6.36. The van der Waals surface area contributed by atoms with Crippen LogP contribution in [0.5, 0.6) is 11.5 Å². The summed E-state index contributed by atoms with van der Waals surface area (Å²) >= 11 is 0. The highest BCUT2D eigenvalue weighted by molar-refractivity contribution is 6.87. The predicted octanol–water partition coefficient (Wildman–Crippen LogP) is 5.56. The highest BCUT2D eigenvalue weighted by Gasteiger charge is 2.24. The first kappa shape index (κ1) is 30.5. The summed E-state index contributed by atoms with van der Waals surface area (Å²) in [6.07, 6.45) is 6.76. The third-order valence-electron chi connectivity index (χ3n) is 6.52. The maximum absolute atomic E-state index is 10.3. The van der Waals surface area contributed by atoms with E-state index in [9.17, 15) is 10.2 Å². The molecule has 1 rings (SSSR count). The molecule has 0 aliphatic heterocycles. The first-order chi connectivity index (χ1) is 16.5. The predicted molar refractivity (Wildman–Crippen MR) is 145 cm³/mol. The highest BCUT2D eigenvalue weighted by Crippen LogP contribution is 2.27. The van der Waals surface area contributed by atoms with Crippen molar-refractivity contribution >= 4 is 8.07 Å². The molecule has 2 atom stereocenters. The van der Waals surface area contributed by atoms with Gasteiger partial charge in [-0.1, -0.05) is 71.9 Å². The molecule has 34 heavy (non-hydrogen) atoms. The summed E-state index contributed by atoms with van der Waals surface area (Å²) in [5.74, 6) is 4.37. The molecular weight excluding hydrogens is 442 g/mol. The number of aliphatic hydroxyl groups excluding tert-OH is 2. The molecule has 0 aliphatic rings. The maximum Gasteiger partial charge on any atom is 0.161 e. The lowest BCUT2D eigenvalue weighted by Crippen LogP contribution is -2.32. The minimum atomic E-state index is -1.49. The van der Waals surface area contributed by atoms with Crippen LogP contribution in [0.2, 0.25) is 18.1 Å². The van der Waals surface area contributed by atoms with Gasteiger partial charge in [-0.25, -0.2) is 0 Å². The summed E-state index contributed by atoms with van der Waals surface area (Å²) < 4.78 is 11.6. The van der Waals surface area contributed by atoms with Crippen molar-refractivity contribution in [3.8, 4) is 23.0 Å². The van der Waals surface area contributed by atoms with E-state index in [0.29, 0.717) is 24.5 Å². The molecule has 0 bridgehead atoms. The molecule has 0 aliphatic carbocycles. The molecule has 3 N–H and O–H groups in total. The minimum Gasteiger partial charge on any atom is -0.487 e. The van der Waals surface area contributed by atoms with Gasteiger partial charge >= 0.3 is 0 Å². The van der Waals surface area contributed by atoms with Gasteiger partial charge in [0.15, 0.2) is 11.5 Å². The van der Waals surface area contributed by atoms with Crippen molar-refractivity contribution in [2.45, 2.75) is 103 Å². The largest absolute Gasteiger partial charge is 0.487 e. The normalized spacial score (nSPS) is 13.1. The molecule has 0 aromatic heterocycles. The standard InChI is InChI=1S/C28H49NO4Si/c1-5-9-10-11-12-15-20-29-22-26(31)24-33-28-19-14-13-18-27(28)32-23-25(30)17-16-21-34(6-2,7-3)8-4/h13-14,18-19,25-26,29-31H,5-12,15,17,20,22-24H2,1-4H3. The summed E-state index contributed by atoms with van der Waals surface area (Å²) in [5.41, 5.74) is 3.51. The Bertz CT molecular complexity index is 691. The summed E-state index contributed by atoms with van der Waals surface area (Å²) in [6.45, 7) is 10.7. The van der Waals surface area contributed by atoms with Crippen LogP contribution in [-0.2, 0) is 0 Å². The van der Waals surface area contributed by atoms with Crippen LogP contribution in [0.25, 0.3) is 0 Å². The lowest BCUT2D eigenvalue weighted by molar-refractivity contribution is 0.0945. The van der Waals surface area contributed by atoms with Crippen LogP contribution in [0.4, 0.5) is 0 Å². The van der Waals surface area contributed by atoms with E-state index >= 15 is 0 Å². The molecule has 0 fully saturated rings. The lowest BCUT2D eigenvalue weighted by atomic mass is 10.1. The second-order valence-corrected chi connectivity index (χ2v) is 14.1. The first-order valence-electron chi connectivity index (χ1n) is 13.4.